The Hall–Kier alpha value is -8.09. The van der Waals surface area contributed by atoms with Gasteiger partial charge in [-0.2, -0.15) is 0 Å². The van der Waals surface area contributed by atoms with Gasteiger partial charge in [-0.3, -0.25) is 0 Å². The molecule has 13 rings (SSSR count). The Labute approximate surface area is 336 Å². The summed E-state index contributed by atoms with van der Waals surface area (Å²) in [7, 11) is 0. The number of rotatable bonds is 4. The summed E-state index contributed by atoms with van der Waals surface area (Å²) in [6.45, 7) is 0. The Kier molecular flexibility index (Phi) is 6.63. The highest BCUT2D eigenvalue weighted by Crippen LogP contribution is 2.45. The van der Waals surface area contributed by atoms with E-state index in [-0.39, 0.29) is 0 Å². The molecular weight excluding hydrogens is 725 g/mol. The molecule has 0 bridgehead atoms. The van der Waals surface area contributed by atoms with Crippen LogP contribution in [0, 0.1) is 0 Å². The van der Waals surface area contributed by atoms with Gasteiger partial charge in [0.1, 0.15) is 22.4 Å². The first-order valence-electron chi connectivity index (χ1n) is 19.8. The normalized spacial score (nSPS) is 12.1. The number of hydrogen-bond acceptors (Lipinski definition) is 5. The first kappa shape index (κ1) is 32.0. The fourth-order valence-electron chi connectivity index (χ4n) is 9.10. The molecule has 4 aromatic heterocycles. The van der Waals surface area contributed by atoms with Crippen molar-refractivity contribution in [3.63, 3.8) is 0 Å². The van der Waals surface area contributed by atoms with Crippen LogP contribution in [0.15, 0.2) is 191 Å². The zero-order valence-corrected chi connectivity index (χ0v) is 31.4. The lowest BCUT2D eigenvalue weighted by atomic mass is 10.0. The van der Waals surface area contributed by atoms with E-state index in [9.17, 15) is 0 Å². The molecule has 0 fully saturated rings. The molecule has 0 spiro atoms. The van der Waals surface area contributed by atoms with Crippen LogP contribution in [0.3, 0.4) is 0 Å². The number of hydrogen-bond donors (Lipinski definition) is 0. The Morgan fingerprint density at radius 1 is 0.356 bits per heavy atom. The van der Waals surface area contributed by atoms with Crippen LogP contribution in [-0.4, -0.2) is 19.5 Å². The van der Waals surface area contributed by atoms with Gasteiger partial charge >= 0.3 is 0 Å². The molecule has 13 aromatic rings. The molecule has 6 nitrogen and oxygen atoms in total. The van der Waals surface area contributed by atoms with Crippen LogP contribution in [0.25, 0.3) is 127 Å². The third kappa shape index (κ3) is 4.77. The van der Waals surface area contributed by atoms with E-state index in [1.165, 1.54) is 5.39 Å². The second-order valence-corrected chi connectivity index (χ2v) is 15.2. The highest BCUT2D eigenvalue weighted by atomic mass is 16.3. The van der Waals surface area contributed by atoms with Crippen molar-refractivity contribution in [1.29, 1.82) is 0 Å². The highest BCUT2D eigenvalue weighted by Gasteiger charge is 2.25. The summed E-state index contributed by atoms with van der Waals surface area (Å²) in [6.07, 6.45) is 0. The Balaban J connectivity index is 1.17. The van der Waals surface area contributed by atoms with Gasteiger partial charge in [-0.25, -0.2) is 15.0 Å². The number of para-hydroxylation sites is 2. The minimum absolute atomic E-state index is 0.542. The molecule has 6 heteroatoms. The van der Waals surface area contributed by atoms with Crippen LogP contribution in [0.1, 0.15) is 0 Å². The molecule has 4 heterocycles. The van der Waals surface area contributed by atoms with E-state index < -0.39 is 0 Å². The number of nitrogens with zero attached hydrogens (tertiary/aromatic N) is 4. The van der Waals surface area contributed by atoms with Gasteiger partial charge in [0.05, 0.1) is 11.0 Å². The van der Waals surface area contributed by atoms with Crippen molar-refractivity contribution in [1.82, 2.24) is 19.5 Å². The van der Waals surface area contributed by atoms with Crippen molar-refractivity contribution in [2.45, 2.75) is 0 Å². The minimum atomic E-state index is 0.542. The molecule has 0 saturated heterocycles. The Morgan fingerprint density at radius 3 is 1.88 bits per heavy atom. The first-order valence-corrected chi connectivity index (χ1v) is 19.8. The lowest BCUT2D eigenvalue weighted by molar-refractivity contribution is 0.666. The molecule has 0 aliphatic carbocycles. The molecule has 0 saturated carbocycles. The van der Waals surface area contributed by atoms with Gasteiger partial charge in [-0.15, -0.1) is 0 Å². The number of aromatic nitrogens is 4. The molecule has 274 valence electrons. The zero-order valence-electron chi connectivity index (χ0n) is 31.4. The second kappa shape index (κ2) is 12.2. The van der Waals surface area contributed by atoms with Gasteiger partial charge in [-0.1, -0.05) is 121 Å². The molecule has 0 atom stereocenters. The van der Waals surface area contributed by atoms with E-state index in [4.69, 9.17) is 23.8 Å². The predicted molar refractivity (Wildman–Crippen MR) is 240 cm³/mol. The maximum Gasteiger partial charge on any atom is 0.166 e. The van der Waals surface area contributed by atoms with Gasteiger partial charge in [0, 0.05) is 49.0 Å². The smallest absolute Gasteiger partial charge is 0.166 e. The van der Waals surface area contributed by atoms with Gasteiger partial charge in [0.2, 0.25) is 0 Å². The molecule has 0 aliphatic rings. The van der Waals surface area contributed by atoms with E-state index >= 15 is 0 Å². The third-order valence-electron chi connectivity index (χ3n) is 11.8. The SMILES string of the molecule is c1ccc(-c2nc(-c3ccc4oc5ccccc5c4c3)nc(-c3ccc4c(oc5ccc6ccccc6c54)c3-n3c4ccccc4c4cc5ccccc5cc43)n2)cc1. The monoisotopic (exact) mass is 754 g/mol. The molecule has 9 aromatic carbocycles. The average molecular weight is 755 g/mol. The molecule has 0 aliphatic heterocycles. The number of benzene rings is 9. The molecule has 0 radical (unpaired) electrons. The second-order valence-electron chi connectivity index (χ2n) is 15.2. The van der Waals surface area contributed by atoms with Gasteiger partial charge in [0.15, 0.2) is 23.1 Å². The van der Waals surface area contributed by atoms with E-state index in [1.807, 2.05) is 60.7 Å². The van der Waals surface area contributed by atoms with Crippen molar-refractivity contribution in [3.05, 3.63) is 182 Å². The molecule has 0 amide bonds. The summed E-state index contributed by atoms with van der Waals surface area (Å²) in [4.78, 5) is 15.8. The molecule has 59 heavy (non-hydrogen) atoms. The highest BCUT2D eigenvalue weighted by molar-refractivity contribution is 6.22. The van der Waals surface area contributed by atoms with Crippen molar-refractivity contribution in [2.75, 3.05) is 0 Å². The number of fused-ring (bicyclic) bond motifs is 12. The van der Waals surface area contributed by atoms with Crippen LogP contribution in [0.2, 0.25) is 0 Å². The summed E-state index contributed by atoms with van der Waals surface area (Å²) in [5, 5.41) is 11.1. The van der Waals surface area contributed by atoms with Crippen molar-refractivity contribution in [3.8, 4) is 39.9 Å². The summed E-state index contributed by atoms with van der Waals surface area (Å²) in [6, 6.07) is 63.2. The maximum absolute atomic E-state index is 7.07. The Morgan fingerprint density at radius 2 is 1.02 bits per heavy atom. The van der Waals surface area contributed by atoms with Crippen LogP contribution in [0.4, 0.5) is 0 Å². The lowest BCUT2D eigenvalue weighted by Crippen LogP contribution is -2.04. The van der Waals surface area contributed by atoms with Crippen LogP contribution in [-0.2, 0) is 0 Å². The fourth-order valence-corrected chi connectivity index (χ4v) is 9.10. The average Bonchev–Trinajstić information content (AvgIpc) is 3.97. The quantitative estimate of drug-likeness (QED) is 0.179. The molecule has 0 unspecified atom stereocenters. The largest absolute Gasteiger partial charge is 0.456 e. The van der Waals surface area contributed by atoms with Crippen LogP contribution < -0.4 is 0 Å². The summed E-state index contributed by atoms with van der Waals surface area (Å²) in [5.74, 6) is 1.69. The van der Waals surface area contributed by atoms with Crippen LogP contribution >= 0.6 is 0 Å². The first-order chi connectivity index (χ1) is 29.2. The Bertz CT molecular complexity index is 3860. The van der Waals surface area contributed by atoms with E-state index in [1.54, 1.807) is 0 Å². The van der Waals surface area contributed by atoms with Gasteiger partial charge in [0.25, 0.3) is 0 Å². The predicted octanol–water partition coefficient (Wildman–Crippen LogP) is 14.1. The molecular formula is C53H30N4O2. The van der Waals surface area contributed by atoms with E-state index in [2.05, 4.69) is 126 Å². The van der Waals surface area contributed by atoms with Crippen molar-refractivity contribution >= 4 is 87.2 Å². The summed E-state index contributed by atoms with van der Waals surface area (Å²) >= 11 is 0. The summed E-state index contributed by atoms with van der Waals surface area (Å²) < 4.78 is 15.6. The zero-order chi connectivity index (χ0) is 38.6. The number of furan rings is 2. The van der Waals surface area contributed by atoms with Gasteiger partial charge in [-0.05, 0) is 82.2 Å². The standard InChI is InChI=1S/C53H30N4O2/c1-2-13-32(14-3-1)51-54-52(35-23-26-46-42(29-35)38-19-9-11-21-45(38)58-46)56-53(55-51)40-25-24-39-48-36-17-7-6-12-31(36)22-27-47(48)59-50(39)49(40)57-43-20-10-8-18-37(43)41-28-33-15-4-5-16-34(33)30-44(41)57/h1-30H. The van der Waals surface area contributed by atoms with Gasteiger partial charge < -0.3 is 13.4 Å². The van der Waals surface area contributed by atoms with Crippen LogP contribution in [0.5, 0.6) is 0 Å². The topological polar surface area (TPSA) is 69.9 Å². The van der Waals surface area contributed by atoms with E-state index in [0.717, 1.165) is 104 Å². The molecule has 0 N–H and O–H groups in total. The van der Waals surface area contributed by atoms with E-state index in [0.29, 0.717) is 17.5 Å². The third-order valence-corrected chi connectivity index (χ3v) is 11.8. The van der Waals surface area contributed by atoms with Crippen molar-refractivity contribution in [2.24, 2.45) is 0 Å². The van der Waals surface area contributed by atoms with Crippen molar-refractivity contribution < 1.29 is 8.83 Å². The summed E-state index contributed by atoms with van der Waals surface area (Å²) in [5.41, 5.74) is 8.84. The fraction of sp³-hybridized carbons (Fsp3) is 0. The minimum Gasteiger partial charge on any atom is -0.456 e. The maximum atomic E-state index is 7.07. The lowest BCUT2D eigenvalue weighted by Gasteiger charge is -2.15.